The Hall–Kier alpha value is -4.27. The number of carboxylic acid groups (broad SMARTS) is 2. The summed E-state index contributed by atoms with van der Waals surface area (Å²) in [6.45, 7) is 0.494. The van der Waals surface area contributed by atoms with Gasteiger partial charge in [-0.1, -0.05) is 65.8 Å². The molecule has 7 nitrogen and oxygen atoms in total. The van der Waals surface area contributed by atoms with Crippen LogP contribution >= 0.6 is 23.4 Å². The maximum absolute atomic E-state index is 12.4. The lowest BCUT2D eigenvalue weighted by molar-refractivity contribution is -0.116. The topological polar surface area (TPSA) is 113 Å². The maximum Gasteiger partial charge on any atom is 0.336 e. The molecule has 9 heteroatoms. The molecule has 0 bridgehead atoms. The fourth-order valence-corrected chi connectivity index (χ4v) is 5.19. The van der Waals surface area contributed by atoms with Crippen LogP contribution in [-0.2, 0) is 17.8 Å². The van der Waals surface area contributed by atoms with Crippen LogP contribution < -0.4 is 10.1 Å². The minimum atomic E-state index is -1.38. The van der Waals surface area contributed by atoms with Crippen LogP contribution in [0.4, 0.5) is 5.69 Å². The van der Waals surface area contributed by atoms with E-state index in [1.54, 1.807) is 11.8 Å². The van der Waals surface area contributed by atoms with Crippen LogP contribution in [0.25, 0.3) is 0 Å². The van der Waals surface area contributed by atoms with Crippen molar-refractivity contribution in [1.29, 1.82) is 0 Å². The molecule has 4 rings (SSSR count). The van der Waals surface area contributed by atoms with Crippen LogP contribution in [0.5, 0.6) is 5.75 Å². The number of carbonyl (C=O) groups excluding carboxylic acids is 1. The number of hydrogen-bond donors (Lipinski definition) is 3. The Morgan fingerprint density at radius 2 is 1.55 bits per heavy atom. The minimum Gasteiger partial charge on any atom is -0.489 e. The van der Waals surface area contributed by atoms with E-state index in [-0.39, 0.29) is 29.1 Å². The van der Waals surface area contributed by atoms with Crippen molar-refractivity contribution in [1.82, 2.24) is 0 Å². The van der Waals surface area contributed by atoms with Crippen LogP contribution in [0.2, 0.25) is 5.02 Å². The normalized spacial score (nSPS) is 10.6. The molecular formula is C31H26ClNO6S. The first kappa shape index (κ1) is 28.7. The molecule has 204 valence electrons. The number of aryl methyl sites for hydroxylation is 1. The second kappa shape index (κ2) is 13.7. The number of anilines is 1. The van der Waals surface area contributed by atoms with E-state index < -0.39 is 11.9 Å². The molecule has 40 heavy (non-hydrogen) atoms. The monoisotopic (exact) mass is 575 g/mol. The van der Waals surface area contributed by atoms with E-state index in [2.05, 4.69) is 5.32 Å². The molecular weight excluding hydrogens is 550 g/mol. The van der Waals surface area contributed by atoms with Crippen LogP contribution in [0.3, 0.4) is 0 Å². The molecule has 0 spiro atoms. The first-order valence-electron chi connectivity index (χ1n) is 12.4. The van der Waals surface area contributed by atoms with E-state index in [1.165, 1.54) is 6.07 Å². The lowest BCUT2D eigenvalue weighted by atomic mass is 10.1. The molecule has 0 fully saturated rings. The van der Waals surface area contributed by atoms with Gasteiger partial charge in [0.2, 0.25) is 5.91 Å². The molecule has 1 amide bonds. The predicted octanol–water partition coefficient (Wildman–Crippen LogP) is 7.43. The van der Waals surface area contributed by atoms with E-state index in [0.717, 1.165) is 38.8 Å². The van der Waals surface area contributed by atoms with Crippen molar-refractivity contribution in [3.8, 4) is 5.75 Å². The quantitative estimate of drug-likeness (QED) is 0.161. The molecule has 0 aliphatic heterocycles. The van der Waals surface area contributed by atoms with Crippen molar-refractivity contribution in [2.24, 2.45) is 0 Å². The number of carboxylic acids is 2. The molecule has 0 unspecified atom stereocenters. The third-order valence-corrected chi connectivity index (χ3v) is 7.26. The zero-order chi connectivity index (χ0) is 28.5. The first-order chi connectivity index (χ1) is 19.3. The van der Waals surface area contributed by atoms with Gasteiger partial charge < -0.3 is 20.3 Å². The molecule has 0 saturated heterocycles. The van der Waals surface area contributed by atoms with Gasteiger partial charge in [0.05, 0.1) is 11.1 Å². The molecule has 4 aromatic carbocycles. The summed E-state index contributed by atoms with van der Waals surface area (Å²) in [5.41, 5.74) is 1.51. The average molecular weight is 576 g/mol. The van der Waals surface area contributed by atoms with Gasteiger partial charge in [-0.2, -0.15) is 0 Å². The van der Waals surface area contributed by atoms with Gasteiger partial charge in [0, 0.05) is 26.9 Å². The standard InChI is InChI=1S/C31H26ClNO6S/c32-28-18-25(40-24-10-5-9-23(17-24)39-19-20-6-2-1-3-7-20)14-12-21(28)8-4-11-29(34)33-22-13-15-26(30(35)36)27(16-22)31(37)38/h1-3,5-7,9-10,12-18H,4,8,11,19H2,(H,33,34)(H,35,36)(H,37,38). The van der Waals surface area contributed by atoms with E-state index >= 15 is 0 Å². The molecule has 4 aromatic rings. The zero-order valence-corrected chi connectivity index (χ0v) is 22.9. The number of benzene rings is 4. The number of carbonyl (C=O) groups is 3. The van der Waals surface area contributed by atoms with Crippen LogP contribution in [0, 0.1) is 0 Å². The molecule has 0 saturated carbocycles. The fourth-order valence-electron chi connectivity index (χ4n) is 3.95. The molecule has 0 aliphatic rings. The van der Waals surface area contributed by atoms with E-state index in [0.29, 0.717) is 24.5 Å². The van der Waals surface area contributed by atoms with Gasteiger partial charge in [-0.05, 0) is 72.5 Å². The first-order valence-corrected chi connectivity index (χ1v) is 13.6. The SMILES string of the molecule is O=C(CCCc1ccc(Sc2cccc(OCc3ccccc3)c2)cc1Cl)Nc1ccc(C(=O)O)c(C(=O)O)c1. The third kappa shape index (κ3) is 8.11. The Bertz CT molecular complexity index is 1530. The van der Waals surface area contributed by atoms with Crippen molar-refractivity contribution < 1.29 is 29.3 Å². The largest absolute Gasteiger partial charge is 0.489 e. The summed E-state index contributed by atoms with van der Waals surface area (Å²) in [7, 11) is 0. The summed E-state index contributed by atoms with van der Waals surface area (Å²) >= 11 is 8.11. The summed E-state index contributed by atoms with van der Waals surface area (Å²) in [6, 6.07) is 27.4. The summed E-state index contributed by atoms with van der Waals surface area (Å²) < 4.78 is 5.92. The van der Waals surface area contributed by atoms with Crippen LogP contribution in [0.1, 0.15) is 44.7 Å². The zero-order valence-electron chi connectivity index (χ0n) is 21.3. The average Bonchev–Trinajstić information content (AvgIpc) is 2.93. The van der Waals surface area contributed by atoms with Gasteiger partial charge in [0.1, 0.15) is 12.4 Å². The van der Waals surface area contributed by atoms with Crippen molar-refractivity contribution in [3.05, 3.63) is 118 Å². The highest BCUT2D eigenvalue weighted by molar-refractivity contribution is 7.99. The Kier molecular flexibility index (Phi) is 9.83. The van der Waals surface area contributed by atoms with Gasteiger partial charge in [0.15, 0.2) is 0 Å². The van der Waals surface area contributed by atoms with Gasteiger partial charge in [-0.25, -0.2) is 9.59 Å². The third-order valence-electron chi connectivity index (χ3n) is 5.93. The Morgan fingerprint density at radius 3 is 2.27 bits per heavy atom. The molecule has 0 radical (unpaired) electrons. The Morgan fingerprint density at radius 1 is 0.800 bits per heavy atom. The van der Waals surface area contributed by atoms with Gasteiger partial charge in [-0.3, -0.25) is 4.79 Å². The fraction of sp³-hybridized carbons (Fsp3) is 0.129. The van der Waals surface area contributed by atoms with Crippen LogP contribution in [-0.4, -0.2) is 28.1 Å². The van der Waals surface area contributed by atoms with Gasteiger partial charge in [-0.15, -0.1) is 0 Å². The van der Waals surface area contributed by atoms with Crippen molar-refractivity contribution in [2.45, 2.75) is 35.7 Å². The van der Waals surface area contributed by atoms with Gasteiger partial charge in [0.25, 0.3) is 0 Å². The maximum atomic E-state index is 12.4. The lowest BCUT2D eigenvalue weighted by Gasteiger charge is -2.10. The Balaban J connectivity index is 1.28. The molecule has 0 heterocycles. The van der Waals surface area contributed by atoms with E-state index in [4.69, 9.17) is 21.4 Å². The summed E-state index contributed by atoms with van der Waals surface area (Å²) in [4.78, 5) is 36.9. The van der Waals surface area contributed by atoms with E-state index in [1.807, 2.05) is 72.8 Å². The number of nitrogens with one attached hydrogen (secondary N) is 1. The molecule has 0 aromatic heterocycles. The van der Waals surface area contributed by atoms with Crippen LogP contribution in [0.15, 0.2) is 101 Å². The number of amides is 1. The molecule has 0 aliphatic carbocycles. The second-order valence-electron chi connectivity index (χ2n) is 8.88. The van der Waals surface area contributed by atoms with Crippen molar-refractivity contribution in [3.63, 3.8) is 0 Å². The number of rotatable bonds is 12. The Labute approximate surface area is 240 Å². The summed E-state index contributed by atoms with van der Waals surface area (Å²) in [5.74, 6) is -2.25. The number of aromatic carboxylic acids is 2. The predicted molar refractivity (Wildman–Crippen MR) is 155 cm³/mol. The highest BCUT2D eigenvalue weighted by atomic mass is 35.5. The minimum absolute atomic E-state index is 0.186. The number of ether oxygens (including phenoxy) is 1. The van der Waals surface area contributed by atoms with Gasteiger partial charge >= 0.3 is 11.9 Å². The summed E-state index contributed by atoms with van der Waals surface area (Å²) in [6.07, 6.45) is 1.29. The highest BCUT2D eigenvalue weighted by Gasteiger charge is 2.17. The highest BCUT2D eigenvalue weighted by Crippen LogP contribution is 2.33. The smallest absolute Gasteiger partial charge is 0.336 e. The molecule has 3 N–H and O–H groups in total. The summed E-state index contributed by atoms with van der Waals surface area (Å²) in [5, 5.41) is 21.6. The van der Waals surface area contributed by atoms with Crippen molar-refractivity contribution in [2.75, 3.05) is 5.32 Å². The van der Waals surface area contributed by atoms with E-state index in [9.17, 15) is 19.5 Å². The number of halogens is 1. The van der Waals surface area contributed by atoms with Crippen molar-refractivity contribution >= 4 is 46.9 Å². The molecule has 0 atom stereocenters. The lowest BCUT2D eigenvalue weighted by Crippen LogP contribution is -2.14. The number of hydrogen-bond acceptors (Lipinski definition) is 5. The second-order valence-corrected chi connectivity index (χ2v) is 10.4.